The van der Waals surface area contributed by atoms with Crippen LogP contribution in [0, 0.1) is 13.8 Å². The van der Waals surface area contributed by atoms with Crippen LogP contribution in [0.15, 0.2) is 16.9 Å². The van der Waals surface area contributed by atoms with Gasteiger partial charge < -0.3 is 4.57 Å². The van der Waals surface area contributed by atoms with Crippen molar-refractivity contribution in [2.24, 2.45) is 7.05 Å². The van der Waals surface area contributed by atoms with Crippen LogP contribution in [0.3, 0.4) is 0 Å². The van der Waals surface area contributed by atoms with Crippen molar-refractivity contribution in [2.75, 3.05) is 0 Å². The molecule has 1 heterocycles. The highest BCUT2D eigenvalue weighted by Crippen LogP contribution is 1.95. The number of hydrogen-bond donors (Lipinski definition) is 0. The number of pyridine rings is 1. The minimum absolute atomic E-state index is 0.0671. The zero-order valence-electron chi connectivity index (χ0n) is 8.51. The number of rotatable bonds is 0. The quantitative estimate of drug-likeness (QED) is 0.579. The van der Waals surface area contributed by atoms with Crippen LogP contribution >= 0.6 is 0 Å². The lowest BCUT2D eigenvalue weighted by Crippen LogP contribution is -2.17. The van der Waals surface area contributed by atoms with E-state index in [4.69, 9.17) is 0 Å². The second kappa shape index (κ2) is 4.75. The molecule has 0 saturated heterocycles. The van der Waals surface area contributed by atoms with E-state index in [0.29, 0.717) is 0 Å². The van der Waals surface area contributed by atoms with Gasteiger partial charge in [-0.2, -0.15) is 0 Å². The normalized spacial score (nSPS) is 8.75. The fourth-order valence-corrected chi connectivity index (χ4v) is 0.933. The second-order valence-corrected chi connectivity index (χ2v) is 2.57. The van der Waals surface area contributed by atoms with Gasteiger partial charge >= 0.3 is 0 Å². The van der Waals surface area contributed by atoms with Crippen LogP contribution in [0.2, 0.25) is 0 Å². The Morgan fingerprint density at radius 1 is 1.17 bits per heavy atom. The van der Waals surface area contributed by atoms with E-state index in [1.54, 1.807) is 17.7 Å². The zero-order valence-corrected chi connectivity index (χ0v) is 8.51. The van der Waals surface area contributed by atoms with Gasteiger partial charge in [-0.3, -0.25) is 4.79 Å². The van der Waals surface area contributed by atoms with Crippen LogP contribution in [0.1, 0.15) is 25.1 Å². The Morgan fingerprint density at radius 3 is 2.08 bits per heavy atom. The molecule has 12 heavy (non-hydrogen) atoms. The summed E-state index contributed by atoms with van der Waals surface area (Å²) in [4.78, 5) is 11.0. The number of aryl methyl sites for hydroxylation is 2. The average Bonchev–Trinajstić information content (AvgIpc) is 2.04. The monoisotopic (exact) mass is 167 g/mol. The average molecular weight is 167 g/mol. The van der Waals surface area contributed by atoms with Gasteiger partial charge in [-0.25, -0.2) is 0 Å². The maximum Gasteiger partial charge on any atom is 0.250 e. The van der Waals surface area contributed by atoms with Crippen molar-refractivity contribution < 1.29 is 0 Å². The molecule has 1 rings (SSSR count). The van der Waals surface area contributed by atoms with E-state index in [1.165, 1.54) is 0 Å². The van der Waals surface area contributed by atoms with E-state index >= 15 is 0 Å². The Labute approximate surface area is 73.9 Å². The van der Waals surface area contributed by atoms with Crippen molar-refractivity contribution in [1.82, 2.24) is 4.57 Å². The first-order chi connectivity index (χ1) is 5.61. The smallest absolute Gasteiger partial charge is 0.250 e. The van der Waals surface area contributed by atoms with E-state index < -0.39 is 0 Å². The molecule has 2 heteroatoms. The Morgan fingerprint density at radius 2 is 1.67 bits per heavy atom. The Balaban J connectivity index is 0.000000561. The summed E-state index contributed by atoms with van der Waals surface area (Å²) in [5.74, 6) is 0. The molecular formula is C10H17NO. The van der Waals surface area contributed by atoms with Crippen LogP contribution in [0.25, 0.3) is 0 Å². The highest BCUT2D eigenvalue weighted by Gasteiger charge is 1.93. The van der Waals surface area contributed by atoms with Crippen LogP contribution in [0.4, 0.5) is 0 Å². The highest BCUT2D eigenvalue weighted by atomic mass is 16.1. The van der Waals surface area contributed by atoms with Crippen molar-refractivity contribution in [2.45, 2.75) is 27.7 Å². The van der Waals surface area contributed by atoms with Crippen molar-refractivity contribution in [3.8, 4) is 0 Å². The molecule has 0 aliphatic heterocycles. The third-order valence-corrected chi connectivity index (χ3v) is 1.65. The van der Waals surface area contributed by atoms with Gasteiger partial charge in [0.15, 0.2) is 0 Å². The predicted octanol–water partition coefficient (Wildman–Crippen LogP) is 2.03. The van der Waals surface area contributed by atoms with E-state index in [2.05, 4.69) is 0 Å². The Bertz CT molecular complexity index is 299. The van der Waals surface area contributed by atoms with Crippen molar-refractivity contribution in [3.05, 3.63) is 33.7 Å². The number of nitrogens with zero attached hydrogens (tertiary/aromatic N) is 1. The van der Waals surface area contributed by atoms with Gasteiger partial charge in [-0.15, -0.1) is 0 Å². The number of aromatic nitrogens is 1. The molecule has 0 amide bonds. The predicted molar refractivity (Wildman–Crippen MR) is 52.5 cm³/mol. The molecule has 2 nitrogen and oxygen atoms in total. The minimum atomic E-state index is 0.0671. The van der Waals surface area contributed by atoms with Gasteiger partial charge in [0.05, 0.1) is 0 Å². The molecule has 0 unspecified atom stereocenters. The maximum atomic E-state index is 11.0. The van der Waals surface area contributed by atoms with E-state index in [0.717, 1.165) is 11.3 Å². The summed E-state index contributed by atoms with van der Waals surface area (Å²) in [6, 6.07) is 3.62. The molecule has 0 fully saturated rings. The molecule has 0 bridgehead atoms. The van der Waals surface area contributed by atoms with Crippen molar-refractivity contribution in [1.29, 1.82) is 0 Å². The molecule has 0 atom stereocenters. The minimum Gasteiger partial charge on any atom is -0.316 e. The van der Waals surface area contributed by atoms with Gasteiger partial charge in [-0.1, -0.05) is 13.8 Å². The lowest BCUT2D eigenvalue weighted by molar-refractivity contribution is 0.814. The van der Waals surface area contributed by atoms with Crippen LogP contribution in [-0.4, -0.2) is 4.57 Å². The molecule has 0 aliphatic rings. The van der Waals surface area contributed by atoms with Gasteiger partial charge in [0.2, 0.25) is 0 Å². The van der Waals surface area contributed by atoms with Gasteiger partial charge in [-0.05, 0) is 25.5 Å². The second-order valence-electron chi connectivity index (χ2n) is 2.57. The summed E-state index contributed by atoms with van der Waals surface area (Å²) < 4.78 is 1.63. The maximum absolute atomic E-state index is 11.0. The summed E-state index contributed by atoms with van der Waals surface area (Å²) in [7, 11) is 1.77. The zero-order chi connectivity index (χ0) is 9.72. The molecular weight excluding hydrogens is 150 g/mol. The van der Waals surface area contributed by atoms with Crippen LogP contribution in [0.5, 0.6) is 0 Å². The fourth-order valence-electron chi connectivity index (χ4n) is 0.933. The molecule has 0 aliphatic carbocycles. The highest BCUT2D eigenvalue weighted by molar-refractivity contribution is 5.14. The topological polar surface area (TPSA) is 22.0 Å². The summed E-state index contributed by atoms with van der Waals surface area (Å²) in [6.45, 7) is 7.85. The van der Waals surface area contributed by atoms with Crippen molar-refractivity contribution >= 4 is 0 Å². The Kier molecular flexibility index (Phi) is 4.34. The largest absolute Gasteiger partial charge is 0.316 e. The molecule has 0 N–H and O–H groups in total. The molecule has 0 aromatic carbocycles. The summed E-state index contributed by atoms with van der Waals surface area (Å²) in [5, 5.41) is 0. The molecule has 1 aromatic heterocycles. The SMILES string of the molecule is CC.Cc1cc(C)n(C)c(=O)c1. The number of hydrogen-bond acceptors (Lipinski definition) is 1. The summed E-state index contributed by atoms with van der Waals surface area (Å²) in [6.07, 6.45) is 0. The van der Waals surface area contributed by atoms with E-state index in [9.17, 15) is 4.79 Å². The van der Waals surface area contributed by atoms with Gasteiger partial charge in [0.1, 0.15) is 0 Å². The Hall–Kier alpha value is -1.05. The summed E-state index contributed by atoms with van der Waals surface area (Å²) in [5.41, 5.74) is 2.10. The van der Waals surface area contributed by atoms with E-state index in [1.807, 2.05) is 33.8 Å². The molecule has 68 valence electrons. The fraction of sp³-hybridized carbons (Fsp3) is 0.500. The van der Waals surface area contributed by atoms with E-state index in [-0.39, 0.29) is 5.56 Å². The lowest BCUT2D eigenvalue weighted by atomic mass is 10.2. The van der Waals surface area contributed by atoms with Crippen molar-refractivity contribution in [3.63, 3.8) is 0 Å². The standard InChI is InChI=1S/C8H11NO.C2H6/c1-6-4-7(2)9(3)8(10)5-6;1-2/h4-5H,1-3H3;1-2H3. The molecule has 0 saturated carbocycles. The third kappa shape index (κ3) is 2.53. The first-order valence-electron chi connectivity index (χ1n) is 4.25. The van der Waals surface area contributed by atoms with Crippen LogP contribution in [-0.2, 0) is 7.05 Å². The first-order valence-corrected chi connectivity index (χ1v) is 4.25. The lowest BCUT2D eigenvalue weighted by Gasteiger charge is -2.01. The van der Waals surface area contributed by atoms with Gasteiger partial charge in [0.25, 0.3) is 5.56 Å². The summed E-state index contributed by atoms with van der Waals surface area (Å²) >= 11 is 0. The molecule has 0 radical (unpaired) electrons. The molecule has 1 aromatic rings. The van der Waals surface area contributed by atoms with Crippen LogP contribution < -0.4 is 5.56 Å². The van der Waals surface area contributed by atoms with Gasteiger partial charge in [0, 0.05) is 18.8 Å². The third-order valence-electron chi connectivity index (χ3n) is 1.65. The molecule has 0 spiro atoms. The first kappa shape index (κ1) is 11.0.